The Labute approximate surface area is 115 Å². The van der Waals surface area contributed by atoms with Crippen LogP contribution >= 0.6 is 0 Å². The molecule has 0 aromatic heterocycles. The third-order valence-corrected chi connectivity index (χ3v) is 2.90. The Bertz CT molecular complexity index is 422. The Hall–Kier alpha value is -1.95. The molecule has 0 aliphatic carbocycles. The topological polar surface area (TPSA) is 29.5 Å². The van der Waals surface area contributed by atoms with E-state index in [0.717, 1.165) is 18.4 Å². The van der Waals surface area contributed by atoms with Gasteiger partial charge < -0.3 is 4.74 Å². The Kier molecular flexibility index (Phi) is 6.52. The lowest BCUT2D eigenvalue weighted by molar-refractivity contribution is 0.0902. The Morgan fingerprint density at radius 2 is 2.11 bits per heavy atom. The van der Waals surface area contributed by atoms with Gasteiger partial charge in [-0.25, -0.2) is 4.79 Å². The van der Waals surface area contributed by atoms with E-state index >= 15 is 0 Å². The summed E-state index contributed by atoms with van der Waals surface area (Å²) >= 11 is 0. The van der Waals surface area contributed by atoms with Crippen LogP contribution in [0.5, 0.6) is 0 Å². The first-order chi connectivity index (χ1) is 9.19. The van der Waals surface area contributed by atoms with Crippen molar-refractivity contribution in [2.75, 3.05) is 6.54 Å². The third kappa shape index (κ3) is 5.05. The minimum atomic E-state index is -0.345. The molecule has 0 aliphatic rings. The fraction of sp³-hybridized carbons (Fsp3) is 0.438. The lowest BCUT2D eigenvalue weighted by Crippen LogP contribution is -2.38. The Balaban J connectivity index is 2.54. The summed E-state index contributed by atoms with van der Waals surface area (Å²) in [7, 11) is 0. The van der Waals surface area contributed by atoms with Crippen LogP contribution in [0.1, 0.15) is 32.3 Å². The van der Waals surface area contributed by atoms with Crippen molar-refractivity contribution in [3.63, 3.8) is 0 Å². The number of hydrogen-bond acceptors (Lipinski definition) is 2. The molecule has 1 atom stereocenters. The predicted octanol–water partition coefficient (Wildman–Crippen LogP) is 3.45. The molecular formula is C16H21NO2. The Morgan fingerprint density at radius 1 is 1.42 bits per heavy atom. The first kappa shape index (κ1) is 15.1. The number of carbonyl (C=O) groups is 1. The van der Waals surface area contributed by atoms with Gasteiger partial charge in [-0.3, -0.25) is 4.90 Å². The number of rotatable bonds is 6. The average Bonchev–Trinajstić information content (AvgIpc) is 2.46. The van der Waals surface area contributed by atoms with E-state index < -0.39 is 0 Å². The second-order valence-electron chi connectivity index (χ2n) is 4.43. The van der Waals surface area contributed by atoms with Crippen LogP contribution in [-0.4, -0.2) is 23.6 Å². The number of benzene rings is 1. The van der Waals surface area contributed by atoms with Crippen molar-refractivity contribution in [2.24, 2.45) is 0 Å². The first-order valence-corrected chi connectivity index (χ1v) is 6.62. The zero-order chi connectivity index (χ0) is 14.1. The molecule has 19 heavy (non-hydrogen) atoms. The van der Waals surface area contributed by atoms with Crippen LogP contribution < -0.4 is 0 Å². The maximum atomic E-state index is 12.0. The van der Waals surface area contributed by atoms with Gasteiger partial charge in [-0.2, -0.15) is 0 Å². The monoisotopic (exact) mass is 259 g/mol. The SMILES string of the molecule is C#CC(C)N(CCCC)C(=O)OCc1ccccc1. The largest absolute Gasteiger partial charge is 0.445 e. The molecule has 0 radical (unpaired) electrons. The minimum Gasteiger partial charge on any atom is -0.445 e. The molecule has 0 bridgehead atoms. The highest BCUT2D eigenvalue weighted by Gasteiger charge is 2.19. The lowest BCUT2D eigenvalue weighted by atomic mass is 10.2. The van der Waals surface area contributed by atoms with Crippen molar-refractivity contribution in [2.45, 2.75) is 39.3 Å². The van der Waals surface area contributed by atoms with Gasteiger partial charge in [-0.05, 0) is 18.9 Å². The molecule has 0 spiro atoms. The average molecular weight is 259 g/mol. The van der Waals surface area contributed by atoms with Crippen LogP contribution in [0, 0.1) is 12.3 Å². The van der Waals surface area contributed by atoms with Crippen molar-refractivity contribution >= 4 is 6.09 Å². The zero-order valence-electron chi connectivity index (χ0n) is 11.6. The van der Waals surface area contributed by atoms with Gasteiger partial charge in [0, 0.05) is 6.54 Å². The zero-order valence-corrected chi connectivity index (χ0v) is 11.6. The van der Waals surface area contributed by atoms with Gasteiger partial charge >= 0.3 is 6.09 Å². The highest BCUT2D eigenvalue weighted by molar-refractivity contribution is 5.68. The summed E-state index contributed by atoms with van der Waals surface area (Å²) in [6, 6.07) is 9.38. The molecule has 1 unspecified atom stereocenters. The number of ether oxygens (including phenoxy) is 1. The number of carbonyl (C=O) groups excluding carboxylic acids is 1. The summed E-state index contributed by atoms with van der Waals surface area (Å²) in [5.41, 5.74) is 0.972. The van der Waals surface area contributed by atoms with Gasteiger partial charge in [-0.15, -0.1) is 6.42 Å². The van der Waals surface area contributed by atoms with E-state index in [-0.39, 0.29) is 18.7 Å². The second kappa shape index (κ2) is 8.20. The molecule has 1 amide bonds. The second-order valence-corrected chi connectivity index (χ2v) is 4.43. The smallest absolute Gasteiger partial charge is 0.411 e. The van der Waals surface area contributed by atoms with Gasteiger partial charge in [0.2, 0.25) is 0 Å². The normalized spacial score (nSPS) is 11.4. The van der Waals surface area contributed by atoms with E-state index in [1.54, 1.807) is 4.90 Å². The van der Waals surface area contributed by atoms with Gasteiger partial charge in [0.15, 0.2) is 0 Å². The predicted molar refractivity (Wildman–Crippen MR) is 76.5 cm³/mol. The molecule has 0 fully saturated rings. The first-order valence-electron chi connectivity index (χ1n) is 6.62. The van der Waals surface area contributed by atoms with E-state index in [0.29, 0.717) is 6.54 Å². The number of unbranched alkanes of at least 4 members (excludes halogenated alkanes) is 1. The molecule has 0 aliphatic heterocycles. The van der Waals surface area contributed by atoms with Gasteiger partial charge in [0.05, 0.1) is 6.04 Å². The van der Waals surface area contributed by atoms with Crippen LogP contribution in [0.4, 0.5) is 4.79 Å². The van der Waals surface area contributed by atoms with Crippen LogP contribution in [0.15, 0.2) is 30.3 Å². The van der Waals surface area contributed by atoms with Crippen molar-refractivity contribution in [1.82, 2.24) is 4.90 Å². The minimum absolute atomic E-state index is 0.241. The molecule has 0 heterocycles. The molecule has 1 aromatic carbocycles. The van der Waals surface area contributed by atoms with Crippen molar-refractivity contribution in [3.05, 3.63) is 35.9 Å². The maximum Gasteiger partial charge on any atom is 0.411 e. The van der Waals surface area contributed by atoms with E-state index in [9.17, 15) is 4.79 Å². The van der Waals surface area contributed by atoms with Crippen molar-refractivity contribution in [1.29, 1.82) is 0 Å². The summed E-state index contributed by atoms with van der Waals surface area (Å²) in [6.07, 6.45) is 6.98. The standard InChI is InChI=1S/C16H21NO2/c1-4-6-12-17(14(3)5-2)16(18)19-13-15-10-8-7-9-11-15/h2,7-11,14H,4,6,12-13H2,1,3H3. The van der Waals surface area contributed by atoms with Crippen molar-refractivity contribution in [3.8, 4) is 12.3 Å². The fourth-order valence-electron chi connectivity index (χ4n) is 1.66. The third-order valence-electron chi connectivity index (χ3n) is 2.90. The van der Waals surface area contributed by atoms with E-state index in [1.807, 2.05) is 37.3 Å². The molecule has 1 rings (SSSR count). The summed E-state index contributed by atoms with van der Waals surface area (Å²) in [5, 5.41) is 0. The highest BCUT2D eigenvalue weighted by atomic mass is 16.6. The summed E-state index contributed by atoms with van der Waals surface area (Å²) in [5.74, 6) is 2.58. The van der Waals surface area contributed by atoms with E-state index in [1.165, 1.54) is 0 Å². The molecule has 3 nitrogen and oxygen atoms in total. The summed E-state index contributed by atoms with van der Waals surface area (Å²) in [6.45, 7) is 4.82. The van der Waals surface area contributed by atoms with Crippen molar-refractivity contribution < 1.29 is 9.53 Å². The van der Waals surface area contributed by atoms with Crippen LogP contribution in [-0.2, 0) is 11.3 Å². The number of nitrogens with zero attached hydrogens (tertiary/aromatic N) is 1. The van der Waals surface area contributed by atoms with Crippen LogP contribution in [0.3, 0.4) is 0 Å². The van der Waals surface area contributed by atoms with Gasteiger partial charge in [0.1, 0.15) is 6.61 Å². The van der Waals surface area contributed by atoms with Crippen LogP contribution in [0.25, 0.3) is 0 Å². The van der Waals surface area contributed by atoms with Gasteiger partial charge in [0.25, 0.3) is 0 Å². The van der Waals surface area contributed by atoms with Gasteiger partial charge in [-0.1, -0.05) is 49.6 Å². The molecule has 0 N–H and O–H groups in total. The van der Waals surface area contributed by atoms with E-state index in [2.05, 4.69) is 12.8 Å². The Morgan fingerprint density at radius 3 is 2.68 bits per heavy atom. The molecule has 0 saturated carbocycles. The quantitative estimate of drug-likeness (QED) is 0.732. The van der Waals surface area contributed by atoms with Crippen LogP contribution in [0.2, 0.25) is 0 Å². The van der Waals surface area contributed by atoms with E-state index in [4.69, 9.17) is 11.2 Å². The molecule has 1 aromatic rings. The summed E-state index contributed by atoms with van der Waals surface area (Å²) in [4.78, 5) is 13.6. The number of terminal acetylenes is 1. The number of hydrogen-bond donors (Lipinski definition) is 0. The molecule has 3 heteroatoms. The highest BCUT2D eigenvalue weighted by Crippen LogP contribution is 2.07. The molecule has 102 valence electrons. The maximum absolute atomic E-state index is 12.0. The lowest BCUT2D eigenvalue weighted by Gasteiger charge is -2.25. The molecule has 0 saturated heterocycles. The summed E-state index contributed by atoms with van der Waals surface area (Å²) < 4.78 is 5.30. The fourth-order valence-corrected chi connectivity index (χ4v) is 1.66. The number of amides is 1. The molecular weight excluding hydrogens is 238 g/mol.